The smallest absolute Gasteiger partial charge is 0.337 e. The predicted octanol–water partition coefficient (Wildman–Crippen LogP) is 2.78. The molecule has 2 N–H and O–H groups in total. The predicted molar refractivity (Wildman–Crippen MR) is 85.6 cm³/mol. The van der Waals surface area contributed by atoms with Crippen molar-refractivity contribution in [1.29, 1.82) is 0 Å². The summed E-state index contributed by atoms with van der Waals surface area (Å²) in [5.41, 5.74) is 5.82. The summed E-state index contributed by atoms with van der Waals surface area (Å²) in [4.78, 5) is 12.4. The summed E-state index contributed by atoms with van der Waals surface area (Å²) < 4.78 is 0. The molecule has 0 aromatic heterocycles. The second-order valence-electron chi connectivity index (χ2n) is 6.08. The fourth-order valence-electron chi connectivity index (χ4n) is 3.72. The van der Waals surface area contributed by atoms with Crippen LogP contribution in [0.4, 0.5) is 0 Å². The number of rotatable bonds is 1. The van der Waals surface area contributed by atoms with E-state index in [0.717, 1.165) is 36.1 Å². The van der Waals surface area contributed by atoms with E-state index in [1.807, 2.05) is 5.41 Å². The third-order valence-electron chi connectivity index (χ3n) is 4.76. The highest BCUT2D eigenvalue weighted by Gasteiger charge is 2.34. The van der Waals surface area contributed by atoms with Gasteiger partial charge < -0.3 is 15.4 Å². The Bertz CT molecular complexity index is 724. The first-order valence-corrected chi connectivity index (χ1v) is 8.53. The summed E-state index contributed by atoms with van der Waals surface area (Å²) in [5, 5.41) is 23.5. The van der Waals surface area contributed by atoms with E-state index in [2.05, 4.69) is 6.08 Å². The number of nitrogens with one attached hydrogen (secondary N) is 1. The first-order valence-electron chi connectivity index (χ1n) is 7.65. The minimum Gasteiger partial charge on any atom is -0.624 e. The van der Waals surface area contributed by atoms with E-state index in [1.54, 1.807) is 11.8 Å². The molecule has 0 aromatic carbocycles. The molecule has 4 aliphatic rings. The molecule has 1 saturated carbocycles. The number of quaternary nitrogens is 1. The zero-order valence-corrected chi connectivity index (χ0v) is 13.0. The number of allylic oxidation sites excluding steroid dienone is 5. The topological polar surface area (TPSA) is 64.8 Å². The SMILES string of the molecule is O=C(O)C1=C[NH+]([O-])C2=C3CC=C4CCCCC4=C3SC=C2C1. The zero-order valence-electron chi connectivity index (χ0n) is 12.1. The lowest BCUT2D eigenvalue weighted by molar-refractivity contribution is -0.746. The van der Waals surface area contributed by atoms with Crippen LogP contribution in [0.2, 0.25) is 0 Å². The standard InChI is InChI=1S/C17H17NO3S/c19-17(20)11-7-12-9-22-16-13-4-2-1-3-10(13)5-6-14(16)15(12)18(21)8-11/h5,8-9,18H,1-4,6-7H2,(H,19,20). The Labute approximate surface area is 133 Å². The number of hydrogen-bond donors (Lipinski definition) is 2. The van der Waals surface area contributed by atoms with Crippen LogP contribution in [0.15, 0.2) is 56.2 Å². The highest BCUT2D eigenvalue weighted by Crippen LogP contribution is 2.48. The van der Waals surface area contributed by atoms with Crippen molar-refractivity contribution in [3.63, 3.8) is 0 Å². The van der Waals surface area contributed by atoms with Crippen LogP contribution in [-0.4, -0.2) is 11.1 Å². The number of hydrogen-bond acceptors (Lipinski definition) is 3. The Hall–Kier alpha value is -1.56. The van der Waals surface area contributed by atoms with Crippen molar-refractivity contribution in [3.8, 4) is 0 Å². The summed E-state index contributed by atoms with van der Waals surface area (Å²) in [6.07, 6.45) is 9.45. The average Bonchev–Trinajstić information content (AvgIpc) is 2.53. The zero-order chi connectivity index (χ0) is 15.3. The van der Waals surface area contributed by atoms with Gasteiger partial charge in [0.15, 0.2) is 0 Å². The monoisotopic (exact) mass is 315 g/mol. The number of aliphatic carboxylic acids is 1. The van der Waals surface area contributed by atoms with Gasteiger partial charge in [-0.05, 0) is 48.7 Å². The minimum atomic E-state index is -0.995. The van der Waals surface area contributed by atoms with Crippen LogP contribution in [0, 0.1) is 5.21 Å². The largest absolute Gasteiger partial charge is 0.624 e. The minimum absolute atomic E-state index is 0.143. The molecular weight excluding hydrogens is 298 g/mol. The van der Waals surface area contributed by atoms with Gasteiger partial charge in [0.25, 0.3) is 0 Å². The van der Waals surface area contributed by atoms with E-state index in [9.17, 15) is 10.0 Å². The quantitative estimate of drug-likeness (QED) is 0.730. The molecule has 0 aromatic rings. The van der Waals surface area contributed by atoms with Gasteiger partial charge in [-0.3, -0.25) is 0 Å². The van der Waals surface area contributed by atoms with E-state index >= 15 is 0 Å². The molecule has 0 saturated heterocycles. The Morgan fingerprint density at radius 2 is 2.05 bits per heavy atom. The normalized spacial score (nSPS) is 27.3. The summed E-state index contributed by atoms with van der Waals surface area (Å²) in [7, 11) is 0. The van der Waals surface area contributed by atoms with Gasteiger partial charge in [0.2, 0.25) is 0 Å². The fraction of sp³-hybridized carbons (Fsp3) is 0.353. The Balaban J connectivity index is 1.81. The van der Waals surface area contributed by atoms with Crippen molar-refractivity contribution in [2.45, 2.75) is 38.5 Å². The molecule has 4 nitrogen and oxygen atoms in total. The number of hydroxylamine groups is 2. The third kappa shape index (κ3) is 2.12. The van der Waals surface area contributed by atoms with Gasteiger partial charge >= 0.3 is 5.97 Å². The molecular formula is C17H17NO3S. The molecule has 4 rings (SSSR count). The highest BCUT2D eigenvalue weighted by atomic mass is 32.2. The number of thioether (sulfide) groups is 1. The van der Waals surface area contributed by atoms with Crippen molar-refractivity contribution < 1.29 is 15.0 Å². The van der Waals surface area contributed by atoms with E-state index in [0.29, 0.717) is 6.42 Å². The highest BCUT2D eigenvalue weighted by molar-refractivity contribution is 8.06. The Morgan fingerprint density at radius 3 is 2.86 bits per heavy atom. The lowest BCUT2D eigenvalue weighted by atomic mass is 9.82. The lowest BCUT2D eigenvalue weighted by Gasteiger charge is -2.35. The van der Waals surface area contributed by atoms with E-state index < -0.39 is 5.97 Å². The first-order chi connectivity index (χ1) is 10.6. The summed E-state index contributed by atoms with van der Waals surface area (Å²) >= 11 is 1.68. The number of carboxylic acid groups (broad SMARTS) is 1. The number of carboxylic acids is 1. The van der Waals surface area contributed by atoms with Gasteiger partial charge in [0.1, 0.15) is 11.9 Å². The molecule has 22 heavy (non-hydrogen) atoms. The van der Waals surface area contributed by atoms with Gasteiger partial charge in [0.05, 0.1) is 5.57 Å². The summed E-state index contributed by atoms with van der Waals surface area (Å²) in [6, 6.07) is 0. The molecule has 5 heteroatoms. The van der Waals surface area contributed by atoms with Crippen LogP contribution in [0.25, 0.3) is 0 Å². The maximum absolute atomic E-state index is 12.5. The summed E-state index contributed by atoms with van der Waals surface area (Å²) in [6.45, 7) is 0. The number of carbonyl (C=O) groups is 1. The molecule has 2 aliphatic carbocycles. The van der Waals surface area contributed by atoms with Crippen molar-refractivity contribution in [2.24, 2.45) is 0 Å². The molecule has 0 amide bonds. The first kappa shape index (κ1) is 14.1. The maximum atomic E-state index is 12.5. The van der Waals surface area contributed by atoms with Crippen molar-refractivity contribution in [3.05, 3.63) is 61.4 Å². The molecule has 114 valence electrons. The third-order valence-corrected chi connectivity index (χ3v) is 5.89. The second kappa shape index (κ2) is 5.26. The molecule has 2 heterocycles. The van der Waals surface area contributed by atoms with Crippen LogP contribution in [0.1, 0.15) is 38.5 Å². The van der Waals surface area contributed by atoms with Gasteiger partial charge in [-0.2, -0.15) is 0 Å². The molecule has 0 spiro atoms. The Kier molecular flexibility index (Phi) is 3.36. The van der Waals surface area contributed by atoms with Crippen LogP contribution >= 0.6 is 11.8 Å². The van der Waals surface area contributed by atoms with E-state index in [4.69, 9.17) is 5.11 Å². The average molecular weight is 315 g/mol. The maximum Gasteiger partial charge on any atom is 0.337 e. The van der Waals surface area contributed by atoms with Crippen molar-refractivity contribution >= 4 is 17.7 Å². The molecule has 0 bridgehead atoms. The van der Waals surface area contributed by atoms with E-state index in [1.165, 1.54) is 35.1 Å². The molecule has 0 radical (unpaired) electrons. The van der Waals surface area contributed by atoms with Crippen LogP contribution < -0.4 is 5.06 Å². The van der Waals surface area contributed by atoms with Gasteiger partial charge in [-0.25, -0.2) is 4.79 Å². The van der Waals surface area contributed by atoms with Crippen LogP contribution in [0.3, 0.4) is 0 Å². The Morgan fingerprint density at radius 1 is 1.23 bits per heavy atom. The number of fused-ring (bicyclic) bond motifs is 3. The molecule has 1 fully saturated rings. The fourth-order valence-corrected chi connectivity index (χ4v) is 4.88. The van der Waals surface area contributed by atoms with E-state index in [-0.39, 0.29) is 10.6 Å². The molecule has 1 atom stereocenters. The second-order valence-corrected chi connectivity index (χ2v) is 6.96. The van der Waals surface area contributed by atoms with Crippen molar-refractivity contribution in [1.82, 2.24) is 0 Å². The van der Waals surface area contributed by atoms with Crippen molar-refractivity contribution in [2.75, 3.05) is 0 Å². The molecule has 1 unspecified atom stereocenters. The summed E-state index contributed by atoms with van der Waals surface area (Å²) in [5.74, 6) is -0.995. The van der Waals surface area contributed by atoms with Gasteiger partial charge in [-0.15, -0.1) is 0 Å². The lowest BCUT2D eigenvalue weighted by Crippen LogP contribution is -3.01. The van der Waals surface area contributed by atoms with Crippen LogP contribution in [-0.2, 0) is 4.79 Å². The van der Waals surface area contributed by atoms with Crippen LogP contribution in [0.5, 0.6) is 0 Å². The molecule has 2 aliphatic heterocycles. The van der Waals surface area contributed by atoms with Gasteiger partial charge in [0, 0.05) is 22.5 Å². The van der Waals surface area contributed by atoms with Gasteiger partial charge in [-0.1, -0.05) is 17.8 Å².